The first-order valence-electron chi connectivity index (χ1n) is 7.11. The molecule has 23 heavy (non-hydrogen) atoms. The molecule has 0 amide bonds. The predicted molar refractivity (Wildman–Crippen MR) is 78.6 cm³/mol. The van der Waals surface area contributed by atoms with E-state index < -0.39 is 6.36 Å². The van der Waals surface area contributed by atoms with Crippen molar-refractivity contribution in [3.8, 4) is 5.75 Å². The Labute approximate surface area is 131 Å². The Morgan fingerprint density at radius 3 is 2.26 bits per heavy atom. The summed E-state index contributed by atoms with van der Waals surface area (Å²) in [7, 11) is 1.87. The average molecular weight is 327 g/mol. The molecule has 124 valence electrons. The zero-order valence-electron chi connectivity index (χ0n) is 12.5. The van der Waals surface area contributed by atoms with Gasteiger partial charge in [-0.2, -0.15) is 5.10 Å². The minimum absolute atomic E-state index is 0.310. The van der Waals surface area contributed by atoms with E-state index in [9.17, 15) is 13.2 Å². The van der Waals surface area contributed by atoms with Crippen LogP contribution in [0.5, 0.6) is 5.75 Å². The van der Waals surface area contributed by atoms with Gasteiger partial charge >= 0.3 is 6.36 Å². The van der Waals surface area contributed by atoms with Crippen molar-refractivity contribution in [3.05, 3.63) is 30.7 Å². The Morgan fingerprint density at radius 2 is 1.74 bits per heavy atom. The maximum absolute atomic E-state index is 12.1. The van der Waals surface area contributed by atoms with Crippen LogP contribution in [0.3, 0.4) is 0 Å². The topological polar surface area (TPSA) is 46.4 Å². The van der Waals surface area contributed by atoms with Crippen LogP contribution in [0.1, 0.15) is 0 Å². The van der Waals surface area contributed by atoms with Crippen molar-refractivity contribution < 1.29 is 17.9 Å². The van der Waals surface area contributed by atoms with Gasteiger partial charge in [0, 0.05) is 39.4 Å². The molecule has 0 saturated carbocycles. The highest BCUT2D eigenvalue weighted by Gasteiger charge is 2.31. The average Bonchev–Trinajstić information content (AvgIpc) is 2.93. The fourth-order valence-corrected chi connectivity index (χ4v) is 2.52. The van der Waals surface area contributed by atoms with Crippen LogP contribution in [-0.4, -0.2) is 47.3 Å². The first-order valence-corrected chi connectivity index (χ1v) is 7.11. The number of piperazine rings is 1. The largest absolute Gasteiger partial charge is 0.573 e. The van der Waals surface area contributed by atoms with Crippen LogP contribution in [-0.2, 0) is 7.05 Å². The normalized spacial score (nSPS) is 15.8. The summed E-state index contributed by atoms with van der Waals surface area (Å²) in [6.45, 7) is 3.07. The van der Waals surface area contributed by atoms with Crippen molar-refractivity contribution in [2.24, 2.45) is 7.05 Å². The molecule has 3 heterocycles. The van der Waals surface area contributed by atoms with E-state index in [0.29, 0.717) is 5.82 Å². The van der Waals surface area contributed by atoms with E-state index in [1.54, 1.807) is 10.7 Å². The molecule has 2 aromatic rings. The van der Waals surface area contributed by atoms with Crippen molar-refractivity contribution in [2.75, 3.05) is 36.0 Å². The van der Waals surface area contributed by atoms with Crippen LogP contribution in [0, 0.1) is 0 Å². The summed E-state index contributed by atoms with van der Waals surface area (Å²) in [4.78, 5) is 8.30. The lowest BCUT2D eigenvalue weighted by atomic mass is 10.3. The highest BCUT2D eigenvalue weighted by atomic mass is 19.4. The SMILES string of the molecule is Cn1cc(N2CCN(c3ccc(OC(F)(F)F)cn3)CC2)cn1. The second-order valence-electron chi connectivity index (χ2n) is 5.25. The number of aryl methyl sites for hydroxylation is 1. The van der Waals surface area contributed by atoms with Gasteiger partial charge in [-0.25, -0.2) is 4.98 Å². The molecule has 0 N–H and O–H groups in total. The number of nitrogens with zero attached hydrogens (tertiary/aromatic N) is 5. The van der Waals surface area contributed by atoms with Gasteiger partial charge in [0.2, 0.25) is 0 Å². The third kappa shape index (κ3) is 3.85. The molecule has 0 radical (unpaired) electrons. The number of hydrogen-bond acceptors (Lipinski definition) is 5. The van der Waals surface area contributed by atoms with Gasteiger partial charge in [0.15, 0.2) is 0 Å². The fraction of sp³-hybridized carbons (Fsp3) is 0.429. The molecule has 1 aliphatic rings. The standard InChI is InChI=1S/C14H16F3N5O/c1-20-10-11(8-19-20)21-4-6-22(7-5-21)13-3-2-12(9-18-13)23-14(15,16)17/h2-3,8-10H,4-7H2,1H3. The van der Waals surface area contributed by atoms with Gasteiger partial charge < -0.3 is 14.5 Å². The maximum atomic E-state index is 12.1. The van der Waals surface area contributed by atoms with E-state index in [-0.39, 0.29) is 5.75 Å². The van der Waals surface area contributed by atoms with Crippen LogP contribution in [0.2, 0.25) is 0 Å². The van der Waals surface area contributed by atoms with Crippen LogP contribution in [0.4, 0.5) is 24.7 Å². The van der Waals surface area contributed by atoms with E-state index in [2.05, 4.69) is 19.7 Å². The number of aromatic nitrogens is 3. The number of halogens is 3. The van der Waals surface area contributed by atoms with E-state index >= 15 is 0 Å². The number of ether oxygens (including phenoxy) is 1. The van der Waals surface area contributed by atoms with Crippen molar-refractivity contribution in [1.29, 1.82) is 0 Å². The molecular weight excluding hydrogens is 311 g/mol. The minimum atomic E-state index is -4.70. The summed E-state index contributed by atoms with van der Waals surface area (Å²) in [5, 5.41) is 4.15. The van der Waals surface area contributed by atoms with Crippen LogP contribution >= 0.6 is 0 Å². The molecule has 1 aliphatic heterocycles. The predicted octanol–water partition coefficient (Wildman–Crippen LogP) is 2.04. The zero-order valence-corrected chi connectivity index (χ0v) is 12.5. The summed E-state index contributed by atoms with van der Waals surface area (Å²) in [6.07, 6.45) is 0.170. The summed E-state index contributed by atoms with van der Waals surface area (Å²) >= 11 is 0. The Bertz CT molecular complexity index is 647. The first-order chi connectivity index (χ1) is 10.9. The zero-order chi connectivity index (χ0) is 16.4. The second kappa shape index (κ2) is 5.98. The maximum Gasteiger partial charge on any atom is 0.573 e. The summed E-state index contributed by atoms with van der Waals surface area (Å²) in [5.74, 6) is 0.334. The lowest BCUT2D eigenvalue weighted by Crippen LogP contribution is -2.46. The van der Waals surface area contributed by atoms with Gasteiger partial charge in [-0.05, 0) is 12.1 Å². The molecule has 0 atom stereocenters. The number of pyridine rings is 1. The monoisotopic (exact) mass is 327 g/mol. The molecule has 0 unspecified atom stereocenters. The van der Waals surface area contributed by atoms with E-state index in [1.165, 1.54) is 6.07 Å². The van der Waals surface area contributed by atoms with Gasteiger partial charge in [0.05, 0.1) is 18.1 Å². The summed E-state index contributed by atoms with van der Waals surface area (Å²) in [6, 6.07) is 2.82. The molecule has 3 rings (SSSR count). The quantitative estimate of drug-likeness (QED) is 0.863. The van der Waals surface area contributed by atoms with E-state index in [0.717, 1.165) is 38.1 Å². The van der Waals surface area contributed by atoms with Gasteiger partial charge in [-0.3, -0.25) is 4.68 Å². The van der Waals surface area contributed by atoms with E-state index in [4.69, 9.17) is 0 Å². The molecule has 0 aliphatic carbocycles. The molecule has 6 nitrogen and oxygen atoms in total. The summed E-state index contributed by atoms with van der Waals surface area (Å²) in [5.41, 5.74) is 1.06. The lowest BCUT2D eigenvalue weighted by molar-refractivity contribution is -0.274. The van der Waals surface area contributed by atoms with Gasteiger partial charge in [-0.15, -0.1) is 13.2 Å². The Balaban J connectivity index is 1.59. The number of rotatable bonds is 3. The molecule has 0 aromatic carbocycles. The highest BCUT2D eigenvalue weighted by molar-refractivity contribution is 5.47. The molecule has 2 aromatic heterocycles. The molecule has 0 spiro atoms. The van der Waals surface area contributed by atoms with Crippen LogP contribution in [0.25, 0.3) is 0 Å². The Morgan fingerprint density at radius 1 is 1.04 bits per heavy atom. The van der Waals surface area contributed by atoms with Crippen molar-refractivity contribution >= 4 is 11.5 Å². The van der Waals surface area contributed by atoms with Gasteiger partial charge in [0.1, 0.15) is 11.6 Å². The smallest absolute Gasteiger partial charge is 0.404 e. The second-order valence-corrected chi connectivity index (χ2v) is 5.25. The first kappa shape index (κ1) is 15.4. The molecule has 1 fully saturated rings. The molecule has 9 heteroatoms. The van der Waals surface area contributed by atoms with Crippen LogP contribution < -0.4 is 14.5 Å². The molecule has 0 bridgehead atoms. The Kier molecular flexibility index (Phi) is 4.01. The fourth-order valence-electron chi connectivity index (χ4n) is 2.52. The van der Waals surface area contributed by atoms with E-state index in [1.807, 2.05) is 24.3 Å². The third-order valence-electron chi connectivity index (χ3n) is 3.61. The van der Waals surface area contributed by atoms with Crippen molar-refractivity contribution in [1.82, 2.24) is 14.8 Å². The van der Waals surface area contributed by atoms with Crippen LogP contribution in [0.15, 0.2) is 30.7 Å². The van der Waals surface area contributed by atoms with Gasteiger partial charge in [0.25, 0.3) is 0 Å². The number of alkyl halides is 3. The molecule has 1 saturated heterocycles. The highest BCUT2D eigenvalue weighted by Crippen LogP contribution is 2.24. The Hall–Kier alpha value is -2.45. The van der Waals surface area contributed by atoms with Gasteiger partial charge in [-0.1, -0.05) is 0 Å². The van der Waals surface area contributed by atoms with Crippen molar-refractivity contribution in [3.63, 3.8) is 0 Å². The summed E-state index contributed by atoms with van der Waals surface area (Å²) < 4.78 is 42.0. The third-order valence-corrected chi connectivity index (χ3v) is 3.61. The minimum Gasteiger partial charge on any atom is -0.404 e. The lowest BCUT2D eigenvalue weighted by Gasteiger charge is -2.36. The number of anilines is 2. The molecular formula is C14H16F3N5O. The van der Waals surface area contributed by atoms with Crippen molar-refractivity contribution in [2.45, 2.75) is 6.36 Å². The number of hydrogen-bond donors (Lipinski definition) is 0.